The Morgan fingerprint density at radius 1 is 0.905 bits per heavy atom. The van der Waals surface area contributed by atoms with Gasteiger partial charge in [-0.2, -0.15) is 4.98 Å². The zero-order valence-electron chi connectivity index (χ0n) is 12.6. The van der Waals surface area contributed by atoms with Crippen molar-refractivity contribution in [1.29, 1.82) is 0 Å². The first-order chi connectivity index (χ1) is 9.80. The minimum atomic E-state index is 0. The van der Waals surface area contributed by atoms with Gasteiger partial charge < -0.3 is 16.0 Å². The van der Waals surface area contributed by atoms with Gasteiger partial charge in [0, 0.05) is 20.1 Å². The molecule has 2 aromatic heterocycles. The van der Waals surface area contributed by atoms with E-state index >= 15 is 0 Å². The number of nitrogens with one attached hydrogen (secondary N) is 3. The SMILES string of the molecule is CCCNc1nc(NC)nc2c(NCCC)ncnc12.Cl. The van der Waals surface area contributed by atoms with Crippen LogP contribution < -0.4 is 16.0 Å². The van der Waals surface area contributed by atoms with E-state index in [4.69, 9.17) is 0 Å². The molecule has 2 rings (SSSR count). The maximum absolute atomic E-state index is 4.47. The summed E-state index contributed by atoms with van der Waals surface area (Å²) in [6, 6.07) is 0. The van der Waals surface area contributed by atoms with Gasteiger partial charge in [0.1, 0.15) is 17.4 Å². The van der Waals surface area contributed by atoms with Crippen molar-refractivity contribution in [2.45, 2.75) is 26.7 Å². The first kappa shape index (κ1) is 17.2. The van der Waals surface area contributed by atoms with Gasteiger partial charge >= 0.3 is 0 Å². The topological polar surface area (TPSA) is 87.7 Å². The number of nitrogens with zero attached hydrogens (tertiary/aromatic N) is 4. The molecule has 0 aromatic carbocycles. The molecule has 8 heteroatoms. The Kier molecular flexibility index (Phi) is 6.87. The summed E-state index contributed by atoms with van der Waals surface area (Å²) in [5.74, 6) is 2.05. The molecule has 2 heterocycles. The maximum Gasteiger partial charge on any atom is 0.225 e. The highest BCUT2D eigenvalue weighted by Crippen LogP contribution is 2.24. The highest BCUT2D eigenvalue weighted by molar-refractivity contribution is 5.93. The summed E-state index contributed by atoms with van der Waals surface area (Å²) in [6.07, 6.45) is 3.59. The molecular formula is C13H22ClN7. The van der Waals surface area contributed by atoms with Crippen LogP contribution in [0.4, 0.5) is 17.6 Å². The van der Waals surface area contributed by atoms with Crippen molar-refractivity contribution >= 4 is 41.0 Å². The Morgan fingerprint density at radius 3 is 2.19 bits per heavy atom. The van der Waals surface area contributed by atoms with E-state index in [1.54, 1.807) is 13.4 Å². The monoisotopic (exact) mass is 311 g/mol. The Hall–Kier alpha value is -1.89. The first-order valence-corrected chi connectivity index (χ1v) is 6.98. The van der Waals surface area contributed by atoms with Gasteiger partial charge in [-0.15, -0.1) is 12.4 Å². The van der Waals surface area contributed by atoms with Crippen molar-refractivity contribution in [3.63, 3.8) is 0 Å². The summed E-state index contributed by atoms with van der Waals surface area (Å²) in [5, 5.41) is 9.53. The molecule has 0 aliphatic carbocycles. The number of rotatable bonds is 7. The second-order valence-electron chi connectivity index (χ2n) is 4.42. The van der Waals surface area contributed by atoms with E-state index < -0.39 is 0 Å². The predicted molar refractivity (Wildman–Crippen MR) is 89.5 cm³/mol. The molecule has 116 valence electrons. The number of aromatic nitrogens is 4. The van der Waals surface area contributed by atoms with Gasteiger partial charge in [-0.05, 0) is 12.8 Å². The Morgan fingerprint density at radius 2 is 1.57 bits per heavy atom. The van der Waals surface area contributed by atoms with Crippen LogP contribution in [0.3, 0.4) is 0 Å². The summed E-state index contributed by atoms with van der Waals surface area (Å²) < 4.78 is 0. The molecular weight excluding hydrogens is 290 g/mol. The summed E-state index contributed by atoms with van der Waals surface area (Å²) in [6.45, 7) is 5.91. The zero-order valence-corrected chi connectivity index (χ0v) is 13.4. The summed E-state index contributed by atoms with van der Waals surface area (Å²) in [7, 11) is 1.80. The third kappa shape index (κ3) is 4.04. The molecule has 0 aliphatic heterocycles. The summed E-state index contributed by atoms with van der Waals surface area (Å²) in [4.78, 5) is 17.5. The largest absolute Gasteiger partial charge is 0.368 e. The molecule has 0 spiro atoms. The van der Waals surface area contributed by atoms with E-state index in [0.717, 1.165) is 48.6 Å². The lowest BCUT2D eigenvalue weighted by molar-refractivity contribution is 0.960. The molecule has 0 atom stereocenters. The van der Waals surface area contributed by atoms with Crippen LogP contribution in [0, 0.1) is 0 Å². The Bertz CT molecular complexity index is 576. The molecule has 0 amide bonds. The first-order valence-electron chi connectivity index (χ1n) is 6.98. The molecule has 0 aliphatic rings. The fourth-order valence-electron chi connectivity index (χ4n) is 1.80. The van der Waals surface area contributed by atoms with Crippen LogP contribution in [0.1, 0.15) is 26.7 Å². The lowest BCUT2D eigenvalue weighted by Gasteiger charge is -2.11. The van der Waals surface area contributed by atoms with Gasteiger partial charge in [-0.1, -0.05) is 13.8 Å². The summed E-state index contributed by atoms with van der Waals surface area (Å²) >= 11 is 0. The van der Waals surface area contributed by atoms with Crippen LogP contribution in [-0.4, -0.2) is 40.1 Å². The number of fused-ring (bicyclic) bond motifs is 1. The van der Waals surface area contributed by atoms with Crippen LogP contribution in [0.15, 0.2) is 6.33 Å². The fourth-order valence-corrected chi connectivity index (χ4v) is 1.80. The number of halogens is 1. The van der Waals surface area contributed by atoms with E-state index in [2.05, 4.69) is 49.7 Å². The van der Waals surface area contributed by atoms with Gasteiger partial charge in [0.05, 0.1) is 0 Å². The smallest absolute Gasteiger partial charge is 0.225 e. The summed E-state index contributed by atoms with van der Waals surface area (Å²) in [5.41, 5.74) is 1.48. The standard InChI is InChI=1S/C13H21N7.ClH/c1-4-6-15-11-10-9(17-8-18-11)12(16-7-5-2)20-13(14-3)19-10;/h8H,4-7H2,1-3H3,(H,15,17,18)(H2,14,16,19,20);1H. The normalized spacial score (nSPS) is 10.0. The molecule has 3 N–H and O–H groups in total. The second-order valence-corrected chi connectivity index (χ2v) is 4.42. The third-order valence-corrected chi connectivity index (χ3v) is 2.79. The minimum absolute atomic E-state index is 0. The van der Waals surface area contributed by atoms with Crippen LogP contribution in [0.25, 0.3) is 11.0 Å². The minimum Gasteiger partial charge on any atom is -0.368 e. The highest BCUT2D eigenvalue weighted by Gasteiger charge is 2.12. The van der Waals surface area contributed by atoms with Crippen molar-refractivity contribution in [3.8, 4) is 0 Å². The van der Waals surface area contributed by atoms with Gasteiger partial charge in [0.2, 0.25) is 5.95 Å². The average Bonchev–Trinajstić information content (AvgIpc) is 2.50. The molecule has 0 fully saturated rings. The average molecular weight is 312 g/mol. The molecule has 21 heavy (non-hydrogen) atoms. The fraction of sp³-hybridized carbons (Fsp3) is 0.538. The van der Waals surface area contributed by atoms with Crippen molar-refractivity contribution in [2.24, 2.45) is 0 Å². The van der Waals surface area contributed by atoms with Crippen molar-refractivity contribution in [2.75, 3.05) is 36.1 Å². The van der Waals surface area contributed by atoms with Gasteiger partial charge in [0.25, 0.3) is 0 Å². The van der Waals surface area contributed by atoms with Crippen LogP contribution in [-0.2, 0) is 0 Å². The molecule has 0 saturated carbocycles. The van der Waals surface area contributed by atoms with E-state index in [-0.39, 0.29) is 12.4 Å². The van der Waals surface area contributed by atoms with Gasteiger partial charge in [0.15, 0.2) is 11.6 Å². The molecule has 0 saturated heterocycles. The number of anilines is 3. The zero-order chi connectivity index (χ0) is 14.4. The second kappa shape index (κ2) is 8.41. The Balaban J connectivity index is 0.00000220. The van der Waals surface area contributed by atoms with Crippen LogP contribution >= 0.6 is 12.4 Å². The molecule has 0 radical (unpaired) electrons. The number of hydrogen-bond donors (Lipinski definition) is 3. The van der Waals surface area contributed by atoms with Gasteiger partial charge in [-0.3, -0.25) is 0 Å². The predicted octanol–water partition coefficient (Wildman–Crippen LogP) is 2.53. The van der Waals surface area contributed by atoms with Crippen molar-refractivity contribution in [3.05, 3.63) is 6.33 Å². The van der Waals surface area contributed by atoms with Crippen molar-refractivity contribution < 1.29 is 0 Å². The molecule has 0 bridgehead atoms. The van der Waals surface area contributed by atoms with E-state index in [1.807, 2.05) is 0 Å². The molecule has 0 unspecified atom stereocenters. The van der Waals surface area contributed by atoms with Crippen LogP contribution in [0.5, 0.6) is 0 Å². The third-order valence-electron chi connectivity index (χ3n) is 2.79. The van der Waals surface area contributed by atoms with Crippen molar-refractivity contribution in [1.82, 2.24) is 19.9 Å². The van der Waals surface area contributed by atoms with Crippen LogP contribution in [0.2, 0.25) is 0 Å². The Labute approximate surface area is 130 Å². The van der Waals surface area contributed by atoms with E-state index in [9.17, 15) is 0 Å². The molecule has 2 aromatic rings. The lowest BCUT2D eigenvalue weighted by Crippen LogP contribution is -2.09. The lowest BCUT2D eigenvalue weighted by atomic mass is 10.3. The quantitative estimate of drug-likeness (QED) is 0.724. The highest BCUT2D eigenvalue weighted by atomic mass is 35.5. The van der Waals surface area contributed by atoms with E-state index in [1.165, 1.54) is 0 Å². The number of hydrogen-bond acceptors (Lipinski definition) is 7. The maximum atomic E-state index is 4.47. The van der Waals surface area contributed by atoms with E-state index in [0.29, 0.717) is 5.95 Å². The van der Waals surface area contributed by atoms with Gasteiger partial charge in [-0.25, -0.2) is 15.0 Å². The molecule has 7 nitrogen and oxygen atoms in total.